The smallest absolute Gasteiger partial charge is 0.115 e. The Balaban J connectivity index is -0.0000000280. The molecule has 2 rings (SSSR count). The van der Waals surface area contributed by atoms with Gasteiger partial charge in [0, 0.05) is 0 Å². The highest BCUT2D eigenvalue weighted by Crippen LogP contribution is 2.03. The van der Waals surface area contributed by atoms with Crippen molar-refractivity contribution < 1.29 is 10.2 Å². The monoisotopic (exact) mass is 426 g/mol. The Hall–Kier alpha value is 1.05. The molecule has 0 saturated carbocycles. The lowest BCUT2D eigenvalue weighted by Crippen LogP contribution is -1.56. The Morgan fingerprint density at radius 1 is 0.381 bits per heavy atom. The van der Waals surface area contributed by atoms with Gasteiger partial charge >= 0.3 is 0 Å². The van der Waals surface area contributed by atoms with E-state index in [1.54, 1.807) is 48.5 Å². The molecule has 7 atom stereocenters. The molecule has 0 aliphatic rings. The molecule has 0 bridgehead atoms. The minimum Gasteiger partial charge on any atom is -0.508 e. The summed E-state index contributed by atoms with van der Waals surface area (Å²) in [5, 5.41) is 17.3. The van der Waals surface area contributed by atoms with Gasteiger partial charge in [-0.25, -0.2) is 0 Å². The van der Waals surface area contributed by atoms with Crippen LogP contribution in [0.4, 0.5) is 0 Å². The predicted octanol–water partition coefficient (Wildman–Crippen LogP) is 3.19. The van der Waals surface area contributed by atoms with Crippen LogP contribution in [0.3, 0.4) is 0 Å². The summed E-state index contributed by atoms with van der Waals surface area (Å²) in [6.45, 7) is 0. The first-order chi connectivity index (χ1) is 6.79. The van der Waals surface area contributed by atoms with E-state index in [0.717, 1.165) is 0 Å². The number of phenolic OH excluding ortho intramolecular Hbond substituents is 2. The second-order valence-corrected chi connectivity index (χ2v) is 2.67. The van der Waals surface area contributed by atoms with E-state index in [0.29, 0.717) is 11.5 Å². The molecule has 0 radical (unpaired) electrons. The lowest BCUT2D eigenvalue weighted by Gasteiger charge is -1.82. The molecule has 7 unspecified atom stereocenters. The van der Waals surface area contributed by atoms with Crippen LogP contribution in [-0.4, -0.2) is 10.2 Å². The Morgan fingerprint density at radius 3 is 0.667 bits per heavy atom. The number of hydrogen-bond donors (Lipinski definition) is 2. The molecule has 0 heterocycles. The summed E-state index contributed by atoms with van der Waals surface area (Å²) in [6.07, 6.45) is 0. The van der Waals surface area contributed by atoms with Crippen molar-refractivity contribution in [3.8, 4) is 11.5 Å². The average Bonchev–Trinajstić information content (AvgIpc) is 2.21. The maximum absolute atomic E-state index is 8.63. The summed E-state index contributed by atoms with van der Waals surface area (Å²) in [5.41, 5.74) is 0. The lowest BCUT2D eigenvalue weighted by molar-refractivity contribution is 0.475. The molecule has 21 heavy (non-hydrogen) atoms. The summed E-state index contributed by atoms with van der Waals surface area (Å²) in [7, 11) is 0. The number of rotatable bonds is 0. The number of phenols is 2. The van der Waals surface area contributed by atoms with Gasteiger partial charge in [-0.15, -0.1) is 0 Å². The van der Waals surface area contributed by atoms with Crippen LogP contribution in [0.25, 0.3) is 0 Å². The number of para-hydroxylation sites is 2. The van der Waals surface area contributed by atoms with Gasteiger partial charge in [-0.3, -0.25) is 0 Å². The Morgan fingerprint density at radius 2 is 0.571 bits per heavy atom. The SMILES string of the molecule is Oc1ccccc1.Oc1ccccc1.P.P.P.P.P.P.P. The molecule has 0 saturated heterocycles. The van der Waals surface area contributed by atoms with Crippen LogP contribution in [-0.2, 0) is 0 Å². The minimum atomic E-state index is 0. The van der Waals surface area contributed by atoms with E-state index in [9.17, 15) is 0 Å². The van der Waals surface area contributed by atoms with Crippen molar-refractivity contribution in [2.45, 2.75) is 0 Å². The third-order valence-electron chi connectivity index (χ3n) is 1.51. The fraction of sp³-hybridized carbons (Fsp3) is 0. The van der Waals surface area contributed by atoms with Gasteiger partial charge in [0.05, 0.1) is 0 Å². The molecule has 0 fully saturated rings. The average molecular weight is 426 g/mol. The number of hydrogen-bond acceptors (Lipinski definition) is 2. The molecular formula is C12H33O2P7. The molecule has 128 valence electrons. The first-order valence-corrected chi connectivity index (χ1v) is 4.27. The van der Waals surface area contributed by atoms with Gasteiger partial charge in [-0.1, -0.05) is 36.4 Å². The molecule has 2 aromatic rings. The van der Waals surface area contributed by atoms with E-state index >= 15 is 0 Å². The van der Waals surface area contributed by atoms with Crippen LogP contribution >= 0.6 is 69.3 Å². The van der Waals surface area contributed by atoms with Crippen molar-refractivity contribution in [3.63, 3.8) is 0 Å². The zero-order chi connectivity index (χ0) is 10.2. The van der Waals surface area contributed by atoms with Crippen molar-refractivity contribution in [1.82, 2.24) is 0 Å². The van der Waals surface area contributed by atoms with Crippen LogP contribution in [0.1, 0.15) is 0 Å². The first kappa shape index (κ1) is 43.1. The maximum Gasteiger partial charge on any atom is 0.115 e. The molecule has 0 spiro atoms. The summed E-state index contributed by atoms with van der Waals surface area (Å²) >= 11 is 0. The molecule has 0 aliphatic carbocycles. The van der Waals surface area contributed by atoms with Crippen molar-refractivity contribution in [2.24, 2.45) is 0 Å². The van der Waals surface area contributed by atoms with Crippen LogP contribution in [0.2, 0.25) is 0 Å². The molecule has 2 nitrogen and oxygen atoms in total. The quantitative estimate of drug-likeness (QED) is 0.636. The molecule has 2 aromatic carbocycles. The highest BCUT2D eigenvalue weighted by atomic mass is 31.0. The van der Waals surface area contributed by atoms with Gasteiger partial charge in [0.2, 0.25) is 0 Å². The fourth-order valence-corrected chi connectivity index (χ4v) is 0.856. The van der Waals surface area contributed by atoms with Crippen LogP contribution in [0.5, 0.6) is 11.5 Å². The Kier molecular flexibility index (Phi) is 59.8. The highest BCUT2D eigenvalue weighted by molar-refractivity contribution is 6.93. The van der Waals surface area contributed by atoms with Crippen molar-refractivity contribution in [1.29, 1.82) is 0 Å². The standard InChI is InChI=1S/2C6H6O.7H3P/c2*7-6-4-2-1-3-5-6;;;;;;;/h2*1-5,7H;7*1H3. The molecular weight excluding hydrogens is 393 g/mol. The first-order valence-electron chi connectivity index (χ1n) is 4.27. The number of benzene rings is 2. The topological polar surface area (TPSA) is 40.5 Å². The van der Waals surface area contributed by atoms with E-state index in [2.05, 4.69) is 0 Å². The Bertz CT molecular complexity index is 325. The van der Waals surface area contributed by atoms with Crippen molar-refractivity contribution in [2.75, 3.05) is 0 Å². The molecule has 2 N–H and O–H groups in total. The summed E-state index contributed by atoms with van der Waals surface area (Å²) in [5.74, 6) is 0.644. The van der Waals surface area contributed by atoms with Gasteiger partial charge < -0.3 is 10.2 Å². The van der Waals surface area contributed by atoms with Crippen LogP contribution in [0.15, 0.2) is 60.7 Å². The minimum absolute atomic E-state index is 0. The van der Waals surface area contributed by atoms with E-state index in [1.807, 2.05) is 12.1 Å². The highest BCUT2D eigenvalue weighted by Gasteiger charge is 1.75. The maximum atomic E-state index is 8.63. The van der Waals surface area contributed by atoms with E-state index in [1.165, 1.54) is 0 Å². The summed E-state index contributed by atoms with van der Waals surface area (Å²) in [6, 6.07) is 17.4. The molecule has 9 heteroatoms. The van der Waals surface area contributed by atoms with Crippen molar-refractivity contribution in [3.05, 3.63) is 60.7 Å². The lowest BCUT2D eigenvalue weighted by atomic mass is 10.3. The molecule has 0 aliphatic heterocycles. The van der Waals surface area contributed by atoms with Gasteiger partial charge in [-0.2, -0.15) is 69.3 Å². The third kappa shape index (κ3) is 26.3. The fourth-order valence-electron chi connectivity index (χ4n) is 0.856. The van der Waals surface area contributed by atoms with Gasteiger partial charge in [0.1, 0.15) is 11.5 Å². The zero-order valence-corrected chi connectivity index (χ0v) is 22.5. The molecule has 0 amide bonds. The summed E-state index contributed by atoms with van der Waals surface area (Å²) in [4.78, 5) is 0. The van der Waals surface area contributed by atoms with E-state index in [4.69, 9.17) is 10.2 Å². The van der Waals surface area contributed by atoms with Gasteiger partial charge in [0.25, 0.3) is 0 Å². The zero-order valence-electron chi connectivity index (χ0n) is 12.6. The van der Waals surface area contributed by atoms with E-state index < -0.39 is 0 Å². The second kappa shape index (κ2) is 29.1. The predicted molar refractivity (Wildman–Crippen MR) is 134 cm³/mol. The number of aromatic hydroxyl groups is 2. The normalized spacial score (nSPS) is 5.71. The molecule has 0 aromatic heterocycles. The van der Waals surface area contributed by atoms with Crippen LogP contribution < -0.4 is 0 Å². The third-order valence-corrected chi connectivity index (χ3v) is 1.51. The summed E-state index contributed by atoms with van der Waals surface area (Å²) < 4.78 is 0. The largest absolute Gasteiger partial charge is 0.508 e. The second-order valence-electron chi connectivity index (χ2n) is 2.67. The van der Waals surface area contributed by atoms with E-state index in [-0.39, 0.29) is 69.3 Å². The van der Waals surface area contributed by atoms with Crippen LogP contribution in [0, 0.1) is 0 Å². The van der Waals surface area contributed by atoms with Crippen molar-refractivity contribution >= 4 is 69.3 Å². The van der Waals surface area contributed by atoms with Gasteiger partial charge in [0.15, 0.2) is 0 Å². The van der Waals surface area contributed by atoms with Gasteiger partial charge in [-0.05, 0) is 24.3 Å². The Labute approximate surface area is 151 Å².